The molecule has 1 aliphatic rings. The van der Waals surface area contributed by atoms with Crippen molar-refractivity contribution in [3.63, 3.8) is 0 Å². The van der Waals surface area contributed by atoms with Crippen LogP contribution in [0.25, 0.3) is 11.3 Å². The first-order valence-electron chi connectivity index (χ1n) is 10.6. The molecule has 0 unspecified atom stereocenters. The van der Waals surface area contributed by atoms with E-state index in [0.29, 0.717) is 11.7 Å². The van der Waals surface area contributed by atoms with Crippen molar-refractivity contribution in [2.45, 2.75) is 18.6 Å². The molecule has 0 radical (unpaired) electrons. The third kappa shape index (κ3) is 4.51. The van der Waals surface area contributed by atoms with Crippen LogP contribution < -0.4 is 10.1 Å². The maximum Gasteiger partial charge on any atom is 0.170 e. The Bertz CT molecular complexity index is 1240. The molecule has 0 spiro atoms. The summed E-state index contributed by atoms with van der Waals surface area (Å²) in [7, 11) is 1.67. The Morgan fingerprint density at radius 1 is 1.03 bits per heavy atom. The van der Waals surface area contributed by atoms with E-state index >= 15 is 0 Å². The fourth-order valence-corrected chi connectivity index (χ4v) is 4.66. The van der Waals surface area contributed by atoms with Crippen LogP contribution in [0.3, 0.4) is 0 Å². The molecule has 5 nitrogen and oxygen atoms in total. The normalized spacial score (nSPS) is 17.8. The third-order valence-electron chi connectivity index (χ3n) is 5.76. The van der Waals surface area contributed by atoms with Crippen molar-refractivity contribution in [1.82, 2.24) is 15.2 Å². The lowest BCUT2D eigenvalue weighted by atomic mass is 10.0. The molecule has 7 heteroatoms. The smallest absolute Gasteiger partial charge is 0.170 e. The Kier molecular flexibility index (Phi) is 6.15. The SMILES string of the molecule is COc1ccc(CN2C(=S)N[C@@H](c3ccccn3)[C@@H]2c2ccc(-c3ccc(Br)cc3)o2)cc1. The highest BCUT2D eigenvalue weighted by Gasteiger charge is 2.41. The molecule has 1 fully saturated rings. The van der Waals surface area contributed by atoms with Crippen molar-refractivity contribution in [1.29, 1.82) is 0 Å². The van der Waals surface area contributed by atoms with E-state index in [9.17, 15) is 0 Å². The van der Waals surface area contributed by atoms with E-state index in [4.69, 9.17) is 21.4 Å². The van der Waals surface area contributed by atoms with Gasteiger partial charge < -0.3 is 19.4 Å². The van der Waals surface area contributed by atoms with Crippen LogP contribution in [0.4, 0.5) is 0 Å². The van der Waals surface area contributed by atoms with E-state index in [2.05, 4.69) is 43.3 Å². The molecule has 3 heterocycles. The molecule has 5 rings (SSSR count). The number of rotatable bonds is 6. The van der Waals surface area contributed by atoms with Crippen LogP contribution in [-0.2, 0) is 6.54 Å². The van der Waals surface area contributed by atoms with Crippen LogP contribution in [0.1, 0.15) is 29.1 Å². The molecular weight excluding hydrogens is 498 g/mol. The number of furan rings is 1. The van der Waals surface area contributed by atoms with E-state index < -0.39 is 0 Å². The van der Waals surface area contributed by atoms with E-state index in [0.717, 1.165) is 38.6 Å². The minimum absolute atomic E-state index is 0.124. The molecule has 0 aliphatic carbocycles. The Balaban J connectivity index is 1.51. The lowest BCUT2D eigenvalue weighted by Crippen LogP contribution is -2.29. The standard InChI is InChI=1S/C26H22BrN3O2S/c1-31-20-11-5-17(6-12-20)16-30-25(24(29-26(30)33)21-4-2-3-15-28-21)23-14-13-22(32-23)18-7-9-19(27)10-8-18/h2-15,24-25H,16H2,1H3,(H,29,33)/t24-,25-/m0/s1. The lowest BCUT2D eigenvalue weighted by molar-refractivity contribution is 0.269. The van der Waals surface area contributed by atoms with Gasteiger partial charge in [-0.15, -0.1) is 0 Å². The van der Waals surface area contributed by atoms with Gasteiger partial charge in [-0.05, 0) is 66.3 Å². The fraction of sp³-hybridized carbons (Fsp3) is 0.154. The van der Waals surface area contributed by atoms with Gasteiger partial charge in [0.2, 0.25) is 0 Å². The first-order valence-corrected chi connectivity index (χ1v) is 11.8. The zero-order valence-corrected chi connectivity index (χ0v) is 20.3. The molecule has 1 saturated heterocycles. The fourth-order valence-electron chi connectivity index (χ4n) is 4.09. The Morgan fingerprint density at radius 3 is 2.52 bits per heavy atom. The summed E-state index contributed by atoms with van der Waals surface area (Å²) in [6.07, 6.45) is 1.80. The zero-order chi connectivity index (χ0) is 22.8. The minimum atomic E-state index is -0.140. The number of hydrogen-bond acceptors (Lipinski definition) is 4. The maximum atomic E-state index is 6.39. The number of methoxy groups -OCH3 is 1. The van der Waals surface area contributed by atoms with Crippen LogP contribution in [0.15, 0.2) is 93.9 Å². The van der Waals surface area contributed by atoms with Crippen LogP contribution >= 0.6 is 28.1 Å². The predicted octanol–water partition coefficient (Wildman–Crippen LogP) is 6.29. The Morgan fingerprint density at radius 2 is 1.82 bits per heavy atom. The monoisotopic (exact) mass is 519 g/mol. The van der Waals surface area contributed by atoms with Crippen LogP contribution in [-0.4, -0.2) is 22.1 Å². The van der Waals surface area contributed by atoms with E-state index in [-0.39, 0.29) is 12.1 Å². The Labute approximate surface area is 206 Å². The van der Waals surface area contributed by atoms with Crippen molar-refractivity contribution in [3.05, 3.63) is 107 Å². The van der Waals surface area contributed by atoms with Gasteiger partial charge >= 0.3 is 0 Å². The zero-order valence-electron chi connectivity index (χ0n) is 17.9. The summed E-state index contributed by atoms with van der Waals surface area (Å²) < 4.78 is 12.7. The molecule has 2 aromatic heterocycles. The molecule has 166 valence electrons. The van der Waals surface area contributed by atoms with Gasteiger partial charge in [0.05, 0.1) is 18.8 Å². The van der Waals surface area contributed by atoms with Gasteiger partial charge in [0.1, 0.15) is 23.3 Å². The second-order valence-electron chi connectivity index (χ2n) is 7.81. The molecule has 0 saturated carbocycles. The minimum Gasteiger partial charge on any atom is -0.497 e. The summed E-state index contributed by atoms with van der Waals surface area (Å²) in [5.41, 5.74) is 3.07. The number of halogens is 1. The summed E-state index contributed by atoms with van der Waals surface area (Å²) >= 11 is 9.26. The number of benzene rings is 2. The van der Waals surface area contributed by atoms with Gasteiger partial charge in [0.25, 0.3) is 0 Å². The quantitative estimate of drug-likeness (QED) is 0.302. The van der Waals surface area contributed by atoms with Gasteiger partial charge in [-0.25, -0.2) is 0 Å². The lowest BCUT2D eigenvalue weighted by Gasteiger charge is -2.26. The van der Waals surface area contributed by atoms with Gasteiger partial charge in [0, 0.05) is 22.8 Å². The predicted molar refractivity (Wildman–Crippen MR) is 136 cm³/mol. The number of pyridine rings is 1. The van der Waals surface area contributed by atoms with Crippen molar-refractivity contribution in [3.8, 4) is 17.1 Å². The van der Waals surface area contributed by atoms with Gasteiger partial charge in [-0.3, -0.25) is 4.98 Å². The molecule has 0 amide bonds. The van der Waals surface area contributed by atoms with Crippen LogP contribution in [0, 0.1) is 0 Å². The number of nitrogens with one attached hydrogen (secondary N) is 1. The van der Waals surface area contributed by atoms with Crippen LogP contribution in [0.5, 0.6) is 5.75 Å². The van der Waals surface area contributed by atoms with Gasteiger partial charge in [-0.1, -0.05) is 46.3 Å². The topological polar surface area (TPSA) is 50.5 Å². The van der Waals surface area contributed by atoms with E-state index in [1.165, 1.54) is 0 Å². The number of thiocarbonyl (C=S) groups is 1. The van der Waals surface area contributed by atoms with Crippen molar-refractivity contribution < 1.29 is 9.15 Å². The molecule has 1 N–H and O–H groups in total. The summed E-state index contributed by atoms with van der Waals surface area (Å²) in [6.45, 7) is 0.637. The number of nitrogens with zero attached hydrogens (tertiary/aromatic N) is 2. The summed E-state index contributed by atoms with van der Waals surface area (Å²) in [5, 5.41) is 4.15. The van der Waals surface area contributed by atoms with Crippen molar-refractivity contribution in [2.24, 2.45) is 0 Å². The molecule has 0 bridgehead atoms. The third-order valence-corrected chi connectivity index (χ3v) is 6.64. The average Bonchev–Trinajstić information content (AvgIpc) is 3.45. The molecule has 2 atom stereocenters. The highest BCUT2D eigenvalue weighted by molar-refractivity contribution is 9.10. The number of ether oxygens (including phenoxy) is 1. The highest BCUT2D eigenvalue weighted by atomic mass is 79.9. The largest absolute Gasteiger partial charge is 0.497 e. The molecule has 33 heavy (non-hydrogen) atoms. The summed E-state index contributed by atoms with van der Waals surface area (Å²) in [4.78, 5) is 6.76. The highest BCUT2D eigenvalue weighted by Crippen LogP contribution is 2.41. The maximum absolute atomic E-state index is 6.39. The Hall–Kier alpha value is -3.16. The second kappa shape index (κ2) is 9.37. The molecule has 1 aliphatic heterocycles. The summed E-state index contributed by atoms with van der Waals surface area (Å²) in [6, 6.07) is 25.8. The summed E-state index contributed by atoms with van der Waals surface area (Å²) in [5.74, 6) is 2.48. The van der Waals surface area contributed by atoms with E-state index in [1.807, 2.05) is 66.7 Å². The van der Waals surface area contributed by atoms with Crippen molar-refractivity contribution >= 4 is 33.3 Å². The van der Waals surface area contributed by atoms with Gasteiger partial charge in [-0.2, -0.15) is 0 Å². The molecule has 4 aromatic rings. The van der Waals surface area contributed by atoms with Crippen LogP contribution in [0.2, 0.25) is 0 Å². The molecule has 2 aromatic carbocycles. The van der Waals surface area contributed by atoms with Gasteiger partial charge in [0.15, 0.2) is 5.11 Å². The average molecular weight is 520 g/mol. The first-order chi connectivity index (χ1) is 16.1. The molecular formula is C26H22BrN3O2S. The number of hydrogen-bond donors (Lipinski definition) is 1. The number of aromatic nitrogens is 1. The first kappa shape index (κ1) is 21.7. The second-order valence-corrected chi connectivity index (χ2v) is 9.11. The van der Waals surface area contributed by atoms with E-state index in [1.54, 1.807) is 13.3 Å². The van der Waals surface area contributed by atoms with Crippen molar-refractivity contribution in [2.75, 3.05) is 7.11 Å².